The standard InChI is InChI=1S/C6H8F2NO/c1-2-5(10)9-3-6(7,8)4-9/h1-4H2. The van der Waals surface area contributed by atoms with E-state index >= 15 is 0 Å². The molecular weight excluding hydrogens is 140 g/mol. The van der Waals surface area contributed by atoms with Gasteiger partial charge in [-0.1, -0.05) is 0 Å². The highest BCUT2D eigenvalue weighted by molar-refractivity contribution is 5.77. The number of carbonyl (C=O) groups excluding carboxylic acids is 1. The lowest BCUT2D eigenvalue weighted by Gasteiger charge is -2.38. The van der Waals surface area contributed by atoms with Crippen molar-refractivity contribution in [3.05, 3.63) is 6.92 Å². The van der Waals surface area contributed by atoms with Gasteiger partial charge in [0.2, 0.25) is 5.91 Å². The second kappa shape index (κ2) is 2.18. The first-order valence-corrected chi connectivity index (χ1v) is 3.00. The zero-order valence-electron chi connectivity index (χ0n) is 5.44. The number of hydrogen-bond donors (Lipinski definition) is 0. The van der Waals surface area contributed by atoms with Gasteiger partial charge in [-0.25, -0.2) is 8.78 Å². The summed E-state index contributed by atoms with van der Waals surface area (Å²) >= 11 is 0. The highest BCUT2D eigenvalue weighted by Gasteiger charge is 2.45. The Bertz CT molecular complexity index is 150. The predicted molar refractivity (Wildman–Crippen MR) is 31.5 cm³/mol. The van der Waals surface area contributed by atoms with E-state index in [4.69, 9.17) is 0 Å². The van der Waals surface area contributed by atoms with Crippen molar-refractivity contribution in [1.29, 1.82) is 0 Å². The summed E-state index contributed by atoms with van der Waals surface area (Å²) in [5.41, 5.74) is 0. The molecule has 1 aliphatic rings. The Kier molecular flexibility index (Phi) is 1.62. The average molecular weight is 148 g/mol. The van der Waals surface area contributed by atoms with E-state index in [-0.39, 0.29) is 12.3 Å². The Morgan fingerprint density at radius 1 is 1.60 bits per heavy atom. The monoisotopic (exact) mass is 148 g/mol. The molecule has 1 heterocycles. The SMILES string of the molecule is [CH2]CC(=O)N1CC(F)(F)C1. The first kappa shape index (κ1) is 7.44. The zero-order chi connectivity index (χ0) is 7.78. The maximum atomic E-state index is 12.1. The van der Waals surface area contributed by atoms with E-state index < -0.39 is 19.0 Å². The molecule has 1 aliphatic heterocycles. The quantitative estimate of drug-likeness (QED) is 0.535. The van der Waals surface area contributed by atoms with E-state index in [0.29, 0.717) is 0 Å². The number of rotatable bonds is 1. The minimum Gasteiger partial charge on any atom is -0.330 e. The fourth-order valence-corrected chi connectivity index (χ4v) is 0.847. The fourth-order valence-electron chi connectivity index (χ4n) is 0.847. The van der Waals surface area contributed by atoms with Gasteiger partial charge in [0.25, 0.3) is 5.92 Å². The number of halogens is 2. The van der Waals surface area contributed by atoms with Crippen LogP contribution in [0.4, 0.5) is 8.78 Å². The van der Waals surface area contributed by atoms with Crippen molar-refractivity contribution in [3.8, 4) is 0 Å². The van der Waals surface area contributed by atoms with E-state index in [9.17, 15) is 13.6 Å². The molecule has 2 nitrogen and oxygen atoms in total. The maximum Gasteiger partial charge on any atom is 0.282 e. The number of likely N-dealkylation sites (tertiary alicyclic amines) is 1. The molecule has 0 unspecified atom stereocenters. The average Bonchev–Trinajstić information content (AvgIpc) is 1.81. The van der Waals surface area contributed by atoms with Gasteiger partial charge in [0.05, 0.1) is 13.1 Å². The van der Waals surface area contributed by atoms with E-state index in [2.05, 4.69) is 6.92 Å². The summed E-state index contributed by atoms with van der Waals surface area (Å²) < 4.78 is 24.1. The van der Waals surface area contributed by atoms with Crippen molar-refractivity contribution in [2.75, 3.05) is 13.1 Å². The Morgan fingerprint density at radius 2 is 2.10 bits per heavy atom. The first-order valence-electron chi connectivity index (χ1n) is 3.00. The van der Waals surface area contributed by atoms with Gasteiger partial charge < -0.3 is 4.90 Å². The summed E-state index contributed by atoms with van der Waals surface area (Å²) in [4.78, 5) is 11.7. The normalized spacial score (nSPS) is 22.1. The molecule has 0 spiro atoms. The van der Waals surface area contributed by atoms with E-state index in [1.54, 1.807) is 0 Å². The minimum absolute atomic E-state index is 0.0656. The van der Waals surface area contributed by atoms with Crippen LogP contribution >= 0.6 is 0 Å². The third kappa shape index (κ3) is 1.25. The van der Waals surface area contributed by atoms with Gasteiger partial charge in [-0.2, -0.15) is 0 Å². The van der Waals surface area contributed by atoms with Crippen LogP contribution in [0.5, 0.6) is 0 Å². The van der Waals surface area contributed by atoms with Crippen LogP contribution in [-0.2, 0) is 4.79 Å². The summed E-state index contributed by atoms with van der Waals surface area (Å²) in [5.74, 6) is -2.95. The Balaban J connectivity index is 2.33. The van der Waals surface area contributed by atoms with Crippen LogP contribution in [0.2, 0.25) is 0 Å². The second-order valence-corrected chi connectivity index (χ2v) is 2.36. The summed E-state index contributed by atoms with van der Waals surface area (Å²) in [6.07, 6.45) is 0.0656. The van der Waals surface area contributed by atoms with Gasteiger partial charge in [-0.15, -0.1) is 0 Å². The minimum atomic E-state index is -2.65. The molecule has 10 heavy (non-hydrogen) atoms. The van der Waals surface area contributed by atoms with Gasteiger partial charge >= 0.3 is 0 Å². The number of hydrogen-bond acceptors (Lipinski definition) is 1. The maximum absolute atomic E-state index is 12.1. The smallest absolute Gasteiger partial charge is 0.282 e. The van der Waals surface area contributed by atoms with Crippen LogP contribution in [0.3, 0.4) is 0 Å². The van der Waals surface area contributed by atoms with Crippen molar-refractivity contribution in [2.45, 2.75) is 12.3 Å². The molecule has 0 N–H and O–H groups in total. The molecular formula is C6H8F2NO. The summed E-state index contributed by atoms with van der Waals surface area (Å²) in [5, 5.41) is 0. The topological polar surface area (TPSA) is 20.3 Å². The van der Waals surface area contributed by atoms with E-state index in [0.717, 1.165) is 4.90 Å². The number of nitrogens with zero attached hydrogens (tertiary/aromatic N) is 1. The molecule has 0 atom stereocenters. The lowest BCUT2D eigenvalue weighted by molar-refractivity contribution is -0.164. The van der Waals surface area contributed by atoms with Crippen LogP contribution in [0.25, 0.3) is 0 Å². The van der Waals surface area contributed by atoms with Gasteiger partial charge in [0.15, 0.2) is 0 Å². The molecule has 4 heteroatoms. The van der Waals surface area contributed by atoms with Crippen molar-refractivity contribution >= 4 is 5.91 Å². The van der Waals surface area contributed by atoms with Crippen LogP contribution in [0, 0.1) is 6.92 Å². The van der Waals surface area contributed by atoms with Crippen LogP contribution < -0.4 is 0 Å². The molecule has 0 bridgehead atoms. The molecule has 0 aromatic heterocycles. The molecule has 1 amide bonds. The fraction of sp³-hybridized carbons (Fsp3) is 0.667. The second-order valence-electron chi connectivity index (χ2n) is 2.36. The van der Waals surface area contributed by atoms with E-state index in [1.807, 2.05) is 0 Å². The zero-order valence-corrected chi connectivity index (χ0v) is 5.44. The van der Waals surface area contributed by atoms with Crippen molar-refractivity contribution < 1.29 is 13.6 Å². The predicted octanol–water partition coefficient (Wildman–Crippen LogP) is 0.688. The Hall–Kier alpha value is -0.670. The number of amides is 1. The number of carbonyl (C=O) groups is 1. The molecule has 57 valence electrons. The first-order chi connectivity index (χ1) is 4.55. The Labute approximate surface area is 57.8 Å². The molecule has 0 aliphatic carbocycles. The summed E-state index contributed by atoms with van der Waals surface area (Å²) in [6.45, 7) is 2.44. The molecule has 1 fully saturated rings. The van der Waals surface area contributed by atoms with Crippen molar-refractivity contribution in [3.63, 3.8) is 0 Å². The molecule has 0 aromatic carbocycles. The van der Waals surface area contributed by atoms with Gasteiger partial charge in [0, 0.05) is 6.42 Å². The summed E-state index contributed by atoms with van der Waals surface area (Å²) in [7, 11) is 0. The Morgan fingerprint density at radius 3 is 2.40 bits per heavy atom. The lowest BCUT2D eigenvalue weighted by Crippen LogP contribution is -2.58. The third-order valence-electron chi connectivity index (χ3n) is 1.41. The van der Waals surface area contributed by atoms with Crippen LogP contribution in [0.15, 0.2) is 0 Å². The van der Waals surface area contributed by atoms with Crippen molar-refractivity contribution in [2.24, 2.45) is 0 Å². The van der Waals surface area contributed by atoms with Gasteiger partial charge in [-0.05, 0) is 6.92 Å². The van der Waals surface area contributed by atoms with Gasteiger partial charge in [-0.3, -0.25) is 4.79 Å². The molecule has 0 aromatic rings. The molecule has 0 saturated carbocycles. The van der Waals surface area contributed by atoms with Gasteiger partial charge in [0.1, 0.15) is 0 Å². The van der Waals surface area contributed by atoms with Crippen molar-refractivity contribution in [1.82, 2.24) is 4.90 Å². The molecule has 1 saturated heterocycles. The van der Waals surface area contributed by atoms with Crippen LogP contribution in [-0.4, -0.2) is 29.8 Å². The summed E-state index contributed by atoms with van der Waals surface area (Å²) in [6, 6.07) is 0. The third-order valence-corrected chi connectivity index (χ3v) is 1.41. The highest BCUT2D eigenvalue weighted by Crippen LogP contribution is 2.26. The highest BCUT2D eigenvalue weighted by atomic mass is 19.3. The molecule has 1 rings (SSSR count). The largest absolute Gasteiger partial charge is 0.330 e. The number of alkyl halides is 2. The van der Waals surface area contributed by atoms with Crippen LogP contribution in [0.1, 0.15) is 6.42 Å². The lowest BCUT2D eigenvalue weighted by atomic mass is 10.1. The molecule has 1 radical (unpaired) electrons. The van der Waals surface area contributed by atoms with E-state index in [1.165, 1.54) is 0 Å².